The average Bonchev–Trinajstić information content (AvgIpc) is 2.87. The van der Waals surface area contributed by atoms with Gasteiger partial charge >= 0.3 is 11.9 Å². The van der Waals surface area contributed by atoms with Crippen LogP contribution in [0.4, 0.5) is 15.9 Å². The molecule has 2 aromatic rings. The third-order valence-corrected chi connectivity index (χ3v) is 3.39. The van der Waals surface area contributed by atoms with Gasteiger partial charge in [0.05, 0.1) is 17.9 Å². The van der Waals surface area contributed by atoms with E-state index in [0.29, 0.717) is 0 Å². The molecule has 0 atom stereocenters. The number of esters is 2. The Morgan fingerprint density at radius 1 is 1.19 bits per heavy atom. The topological polar surface area (TPSA) is 110 Å². The number of carbonyl (C=O) groups excluding carboxylic acids is 2. The lowest BCUT2D eigenvalue weighted by atomic mass is 10.1. The monoisotopic (exact) mass is 363 g/mol. The van der Waals surface area contributed by atoms with Gasteiger partial charge in [-0.25, -0.2) is 14.0 Å². The molecular formula is C18H22FN3O4. The molecule has 2 rings (SSSR count). The van der Waals surface area contributed by atoms with Gasteiger partial charge in [0, 0.05) is 6.20 Å². The molecule has 0 amide bonds. The summed E-state index contributed by atoms with van der Waals surface area (Å²) >= 11 is 0. The van der Waals surface area contributed by atoms with E-state index in [-0.39, 0.29) is 34.9 Å². The van der Waals surface area contributed by atoms with E-state index < -0.39 is 23.4 Å². The van der Waals surface area contributed by atoms with E-state index in [1.807, 2.05) is 0 Å². The van der Waals surface area contributed by atoms with Crippen LogP contribution in [0.15, 0.2) is 24.4 Å². The summed E-state index contributed by atoms with van der Waals surface area (Å²) in [6.45, 7) is 6.98. The third kappa shape index (κ3) is 3.96. The van der Waals surface area contributed by atoms with Gasteiger partial charge in [0.25, 0.3) is 0 Å². The number of ether oxygens (including phenoxy) is 2. The molecule has 140 valence electrons. The van der Waals surface area contributed by atoms with Gasteiger partial charge in [0.1, 0.15) is 28.5 Å². The second-order valence-electron chi connectivity index (χ2n) is 6.60. The summed E-state index contributed by atoms with van der Waals surface area (Å²) in [6, 6.07) is 3.72. The highest BCUT2D eigenvalue weighted by molar-refractivity contribution is 5.95. The zero-order valence-corrected chi connectivity index (χ0v) is 15.1. The number of rotatable bonds is 4. The van der Waals surface area contributed by atoms with Crippen molar-refractivity contribution in [2.45, 2.75) is 33.3 Å². The van der Waals surface area contributed by atoms with Gasteiger partial charge in [-0.3, -0.25) is 4.57 Å². The fourth-order valence-corrected chi connectivity index (χ4v) is 2.35. The lowest BCUT2D eigenvalue weighted by Gasteiger charge is -2.19. The first-order valence-electron chi connectivity index (χ1n) is 8.01. The first-order chi connectivity index (χ1) is 12.0. The standard InChI is InChI=1S/C18H22FN3O4/c1-5-25-16(23)10-8-12(19)14(13(20)9-10)22-7-6-11(15(22)21)17(24)26-18(2,3)4/h6-9H,5,20-21H2,1-4H3. The van der Waals surface area contributed by atoms with Gasteiger partial charge in [-0.2, -0.15) is 0 Å². The Labute approximate surface area is 150 Å². The van der Waals surface area contributed by atoms with Crippen molar-refractivity contribution < 1.29 is 23.5 Å². The minimum absolute atomic E-state index is 0.0105. The van der Waals surface area contributed by atoms with Crippen LogP contribution < -0.4 is 11.5 Å². The SMILES string of the molecule is CCOC(=O)c1cc(N)c(-n2ccc(C(=O)OC(C)(C)C)c2N)c(F)c1. The Morgan fingerprint density at radius 2 is 1.85 bits per heavy atom. The fourth-order valence-electron chi connectivity index (χ4n) is 2.35. The molecule has 1 aromatic heterocycles. The highest BCUT2D eigenvalue weighted by Gasteiger charge is 2.24. The molecular weight excluding hydrogens is 341 g/mol. The predicted molar refractivity (Wildman–Crippen MR) is 95.7 cm³/mol. The van der Waals surface area contributed by atoms with Gasteiger partial charge in [0.15, 0.2) is 0 Å². The van der Waals surface area contributed by atoms with Crippen LogP contribution in [0.5, 0.6) is 0 Å². The number of anilines is 2. The molecule has 0 spiro atoms. The van der Waals surface area contributed by atoms with Gasteiger partial charge in [-0.15, -0.1) is 0 Å². The lowest BCUT2D eigenvalue weighted by molar-refractivity contribution is 0.00707. The predicted octanol–water partition coefficient (Wildman–Crippen LogP) is 2.91. The van der Waals surface area contributed by atoms with Crippen LogP contribution in [0.3, 0.4) is 0 Å². The summed E-state index contributed by atoms with van der Waals surface area (Å²) in [5.41, 5.74) is 11.2. The smallest absolute Gasteiger partial charge is 0.342 e. The number of nitrogens with two attached hydrogens (primary N) is 2. The molecule has 0 fully saturated rings. The van der Waals surface area contributed by atoms with Crippen LogP contribution >= 0.6 is 0 Å². The number of benzene rings is 1. The Kier molecular flexibility index (Phi) is 5.25. The average molecular weight is 363 g/mol. The summed E-state index contributed by atoms with van der Waals surface area (Å²) in [7, 11) is 0. The van der Waals surface area contributed by atoms with E-state index in [0.717, 1.165) is 6.07 Å². The molecule has 0 saturated heterocycles. The molecule has 0 aliphatic rings. The van der Waals surface area contributed by atoms with E-state index in [9.17, 15) is 14.0 Å². The largest absolute Gasteiger partial charge is 0.462 e. The second kappa shape index (κ2) is 7.07. The van der Waals surface area contributed by atoms with Crippen molar-refractivity contribution in [1.29, 1.82) is 0 Å². The van der Waals surface area contributed by atoms with Crippen LogP contribution in [0, 0.1) is 5.82 Å². The first kappa shape index (κ1) is 19.3. The molecule has 0 aliphatic heterocycles. The van der Waals surface area contributed by atoms with Crippen LogP contribution in [0.2, 0.25) is 0 Å². The fraction of sp³-hybridized carbons (Fsp3) is 0.333. The molecule has 1 aromatic carbocycles. The maximum absolute atomic E-state index is 14.6. The summed E-state index contributed by atoms with van der Waals surface area (Å²) in [5.74, 6) is -2.10. The van der Waals surface area contributed by atoms with Crippen LogP contribution in [-0.2, 0) is 9.47 Å². The quantitative estimate of drug-likeness (QED) is 0.638. The Balaban J connectivity index is 2.44. The third-order valence-electron chi connectivity index (χ3n) is 3.39. The van der Waals surface area contributed by atoms with E-state index in [1.54, 1.807) is 27.7 Å². The zero-order valence-electron chi connectivity index (χ0n) is 15.1. The van der Waals surface area contributed by atoms with Gasteiger partial charge in [0.2, 0.25) is 0 Å². The van der Waals surface area contributed by atoms with E-state index in [1.165, 1.54) is 22.9 Å². The van der Waals surface area contributed by atoms with Crippen molar-refractivity contribution in [2.24, 2.45) is 0 Å². The van der Waals surface area contributed by atoms with E-state index in [4.69, 9.17) is 20.9 Å². The lowest BCUT2D eigenvalue weighted by Crippen LogP contribution is -2.24. The summed E-state index contributed by atoms with van der Waals surface area (Å²) < 4.78 is 25.9. The number of halogens is 1. The van der Waals surface area contributed by atoms with Gasteiger partial charge in [-0.05, 0) is 45.9 Å². The summed E-state index contributed by atoms with van der Waals surface area (Å²) in [6.07, 6.45) is 1.41. The number of carbonyl (C=O) groups is 2. The number of hydrogen-bond acceptors (Lipinski definition) is 6. The van der Waals surface area contributed by atoms with Crippen molar-refractivity contribution in [3.63, 3.8) is 0 Å². The molecule has 0 radical (unpaired) electrons. The number of aromatic nitrogens is 1. The van der Waals surface area contributed by atoms with Crippen molar-refractivity contribution >= 4 is 23.4 Å². The highest BCUT2D eigenvalue weighted by atomic mass is 19.1. The molecule has 0 unspecified atom stereocenters. The summed E-state index contributed by atoms with van der Waals surface area (Å²) in [4.78, 5) is 24.0. The van der Waals surface area contributed by atoms with Crippen LogP contribution in [-0.4, -0.2) is 28.7 Å². The minimum atomic E-state index is -0.772. The van der Waals surface area contributed by atoms with Gasteiger partial charge < -0.3 is 20.9 Å². The number of nitrogens with zero attached hydrogens (tertiary/aromatic N) is 1. The Hall–Kier alpha value is -3.03. The van der Waals surface area contributed by atoms with Gasteiger partial charge in [-0.1, -0.05) is 0 Å². The molecule has 8 heteroatoms. The Bertz CT molecular complexity index is 830. The van der Waals surface area contributed by atoms with E-state index in [2.05, 4.69) is 0 Å². The normalized spacial score (nSPS) is 11.3. The summed E-state index contributed by atoms with van der Waals surface area (Å²) in [5, 5.41) is 0. The Morgan fingerprint density at radius 3 is 2.38 bits per heavy atom. The molecule has 7 nitrogen and oxygen atoms in total. The second-order valence-corrected chi connectivity index (χ2v) is 6.60. The molecule has 0 saturated carbocycles. The van der Waals surface area contributed by atoms with E-state index >= 15 is 0 Å². The zero-order chi connectivity index (χ0) is 19.6. The van der Waals surface area contributed by atoms with Crippen LogP contribution in [0.1, 0.15) is 48.4 Å². The van der Waals surface area contributed by atoms with Crippen LogP contribution in [0.25, 0.3) is 5.69 Å². The van der Waals surface area contributed by atoms with Crippen molar-refractivity contribution in [1.82, 2.24) is 4.57 Å². The maximum Gasteiger partial charge on any atom is 0.342 e. The van der Waals surface area contributed by atoms with Crippen molar-refractivity contribution in [3.8, 4) is 5.69 Å². The first-order valence-corrected chi connectivity index (χ1v) is 8.01. The highest BCUT2D eigenvalue weighted by Crippen LogP contribution is 2.29. The maximum atomic E-state index is 14.6. The molecule has 0 aliphatic carbocycles. The van der Waals surface area contributed by atoms with Crippen molar-refractivity contribution in [3.05, 3.63) is 41.3 Å². The minimum Gasteiger partial charge on any atom is -0.462 e. The molecule has 4 N–H and O–H groups in total. The number of nitrogen functional groups attached to an aromatic ring is 2. The molecule has 1 heterocycles. The number of hydrogen-bond donors (Lipinski definition) is 2. The molecule has 0 bridgehead atoms. The van der Waals surface area contributed by atoms with Crippen molar-refractivity contribution in [2.75, 3.05) is 18.1 Å². The molecule has 26 heavy (non-hydrogen) atoms.